The van der Waals surface area contributed by atoms with Crippen molar-refractivity contribution >= 4 is 24.1 Å². The van der Waals surface area contributed by atoms with Gasteiger partial charge in [-0.05, 0) is 35.4 Å². The van der Waals surface area contributed by atoms with Gasteiger partial charge >= 0.3 is 0 Å². The summed E-state index contributed by atoms with van der Waals surface area (Å²) in [5, 5.41) is 42.6. The smallest absolute Gasteiger partial charge is 0.300 e. The van der Waals surface area contributed by atoms with Gasteiger partial charge in [-0.25, -0.2) is 0 Å². The Kier molecular flexibility index (Phi) is 12.2. The molecule has 26 heavy (non-hydrogen) atoms. The van der Waals surface area contributed by atoms with Gasteiger partial charge in [0.1, 0.15) is 17.2 Å². The highest BCUT2D eigenvalue weighted by Gasteiger charge is 1.95. The second kappa shape index (κ2) is 12.8. The van der Waals surface area contributed by atoms with Crippen LogP contribution in [0.1, 0.15) is 25.0 Å². The number of hydrogen-bond donors (Lipinski definition) is 5. The lowest BCUT2D eigenvalue weighted by atomic mass is 10.1. The molecule has 0 atom stereocenters. The molecule has 0 aliphatic carbocycles. The monoisotopic (exact) mass is 366 g/mol. The van der Waals surface area contributed by atoms with Gasteiger partial charge in [-0.3, -0.25) is 9.59 Å². The van der Waals surface area contributed by atoms with Crippen LogP contribution in [0, 0.1) is 0 Å². The van der Waals surface area contributed by atoms with Crippen molar-refractivity contribution < 1.29 is 40.6 Å². The number of phenols is 3. The Morgan fingerprint density at radius 2 is 1.04 bits per heavy atom. The van der Waals surface area contributed by atoms with E-state index in [0.29, 0.717) is 5.56 Å². The molecule has 0 aliphatic rings. The van der Waals surface area contributed by atoms with Crippen molar-refractivity contribution in [3.63, 3.8) is 0 Å². The van der Waals surface area contributed by atoms with Crippen molar-refractivity contribution in [1.29, 1.82) is 0 Å². The number of hydrogen-bond acceptors (Lipinski definition) is 5. The van der Waals surface area contributed by atoms with Gasteiger partial charge in [0, 0.05) is 19.9 Å². The van der Waals surface area contributed by atoms with Gasteiger partial charge in [-0.1, -0.05) is 24.3 Å². The van der Waals surface area contributed by atoms with E-state index < -0.39 is 11.9 Å². The van der Waals surface area contributed by atoms with Crippen molar-refractivity contribution in [2.24, 2.45) is 0 Å². The normalized spacial score (nSPS) is 9.00. The van der Waals surface area contributed by atoms with Gasteiger partial charge < -0.3 is 31.0 Å². The van der Waals surface area contributed by atoms with Crippen LogP contribution in [0.5, 0.6) is 17.2 Å². The number of aromatic hydroxyl groups is 3. The first-order valence-electron chi connectivity index (χ1n) is 6.99. The van der Waals surface area contributed by atoms with Crippen LogP contribution in [0.2, 0.25) is 0 Å². The Balaban J connectivity index is 0. The van der Waals surface area contributed by atoms with E-state index in [1.807, 2.05) is 6.08 Å². The van der Waals surface area contributed by atoms with Gasteiger partial charge in [-0.15, -0.1) is 0 Å². The maximum atomic E-state index is 9.30. The number of phenolic OH excluding ortho intramolecular Hbond substituents is 3. The van der Waals surface area contributed by atoms with Crippen molar-refractivity contribution in [2.45, 2.75) is 13.8 Å². The minimum absolute atomic E-state index is 0. The maximum Gasteiger partial charge on any atom is 0.300 e. The van der Waals surface area contributed by atoms with Gasteiger partial charge in [0.25, 0.3) is 11.9 Å². The summed E-state index contributed by atoms with van der Waals surface area (Å²) in [4.78, 5) is 18.0. The second-order valence-electron chi connectivity index (χ2n) is 4.75. The molecule has 0 bridgehead atoms. The molecule has 0 heterocycles. The van der Waals surface area contributed by atoms with E-state index in [-0.39, 0.29) is 22.7 Å². The lowest BCUT2D eigenvalue weighted by Crippen LogP contribution is -1.78. The van der Waals surface area contributed by atoms with Crippen LogP contribution in [0.25, 0.3) is 12.2 Å². The zero-order chi connectivity index (χ0) is 19.4. The zero-order valence-electron chi connectivity index (χ0n) is 14.2. The quantitative estimate of drug-likeness (QED) is 0.508. The van der Waals surface area contributed by atoms with Gasteiger partial charge in [-0.2, -0.15) is 0 Å². The van der Waals surface area contributed by atoms with Crippen LogP contribution in [-0.4, -0.2) is 42.9 Å². The number of aliphatic carboxylic acids is 2. The first kappa shape index (κ1) is 24.7. The zero-order valence-corrected chi connectivity index (χ0v) is 14.2. The lowest BCUT2D eigenvalue weighted by molar-refractivity contribution is -0.135. The number of carboxylic acid groups (broad SMARTS) is 2. The molecule has 8 nitrogen and oxygen atoms in total. The molecule has 7 N–H and O–H groups in total. The SMILES string of the molecule is CC(=O)O.CC(=O)O.O.Oc1ccc(C=Cc2cc(O)cc(O)c2)cc1. The van der Waals surface area contributed by atoms with Crippen LogP contribution >= 0.6 is 0 Å². The van der Waals surface area contributed by atoms with Crippen molar-refractivity contribution in [1.82, 2.24) is 0 Å². The van der Waals surface area contributed by atoms with Gasteiger partial charge in [0.05, 0.1) is 0 Å². The molecule has 0 aliphatic heterocycles. The standard InChI is InChI=1S/C14H12O3.2C2H4O2.H2O/c15-12-5-3-10(4-6-12)1-2-11-7-13(16)9-14(17)8-11;2*1-2(3)4;/h1-9,15-17H;2*1H3,(H,3,4);1H2. The molecular formula is C18H22O8. The molecule has 2 rings (SSSR count). The van der Waals surface area contributed by atoms with Crippen LogP contribution in [0.15, 0.2) is 42.5 Å². The van der Waals surface area contributed by atoms with Crippen LogP contribution < -0.4 is 0 Å². The summed E-state index contributed by atoms with van der Waals surface area (Å²) in [6, 6.07) is 11.1. The number of benzene rings is 2. The molecule has 0 fully saturated rings. The fraction of sp³-hybridized carbons (Fsp3) is 0.111. The second-order valence-corrected chi connectivity index (χ2v) is 4.75. The lowest BCUT2D eigenvalue weighted by Gasteiger charge is -1.98. The minimum atomic E-state index is -0.833. The summed E-state index contributed by atoms with van der Waals surface area (Å²) in [7, 11) is 0. The van der Waals surface area contributed by atoms with E-state index in [0.717, 1.165) is 19.4 Å². The van der Waals surface area contributed by atoms with Crippen molar-refractivity contribution in [2.75, 3.05) is 0 Å². The molecule has 0 unspecified atom stereocenters. The topological polar surface area (TPSA) is 167 Å². The van der Waals surface area contributed by atoms with E-state index in [1.165, 1.54) is 6.07 Å². The maximum absolute atomic E-state index is 9.30. The highest BCUT2D eigenvalue weighted by Crippen LogP contribution is 2.22. The fourth-order valence-corrected chi connectivity index (χ4v) is 1.49. The van der Waals surface area contributed by atoms with Crippen LogP contribution in [0.4, 0.5) is 0 Å². The molecular weight excluding hydrogens is 344 g/mol. The van der Waals surface area contributed by atoms with Crippen LogP contribution in [0.3, 0.4) is 0 Å². The Bertz CT molecular complexity index is 680. The summed E-state index contributed by atoms with van der Waals surface area (Å²) in [6.45, 7) is 2.17. The van der Waals surface area contributed by atoms with Gasteiger partial charge in [0.15, 0.2) is 0 Å². The largest absolute Gasteiger partial charge is 0.508 e. The van der Waals surface area contributed by atoms with Crippen molar-refractivity contribution in [3.8, 4) is 17.2 Å². The average molecular weight is 366 g/mol. The molecule has 0 saturated heterocycles. The first-order chi connectivity index (χ1) is 11.6. The number of rotatable bonds is 2. The molecule has 0 saturated carbocycles. The summed E-state index contributed by atoms with van der Waals surface area (Å²) in [6.07, 6.45) is 3.60. The molecule has 2 aromatic carbocycles. The minimum Gasteiger partial charge on any atom is -0.508 e. The summed E-state index contributed by atoms with van der Waals surface area (Å²) in [5.74, 6) is -1.40. The summed E-state index contributed by atoms with van der Waals surface area (Å²) >= 11 is 0. The molecule has 0 radical (unpaired) electrons. The molecule has 0 amide bonds. The summed E-state index contributed by atoms with van der Waals surface area (Å²) < 4.78 is 0. The Labute approximate surface area is 150 Å². The molecule has 0 spiro atoms. The van der Waals surface area contributed by atoms with E-state index in [1.54, 1.807) is 42.5 Å². The predicted molar refractivity (Wildman–Crippen MR) is 97.0 cm³/mol. The Hall–Kier alpha value is -3.52. The highest BCUT2D eigenvalue weighted by molar-refractivity contribution is 5.71. The molecule has 8 heteroatoms. The fourth-order valence-electron chi connectivity index (χ4n) is 1.49. The van der Waals surface area contributed by atoms with E-state index in [2.05, 4.69) is 0 Å². The third-order valence-electron chi connectivity index (χ3n) is 2.29. The van der Waals surface area contributed by atoms with E-state index >= 15 is 0 Å². The first-order valence-corrected chi connectivity index (χ1v) is 6.99. The summed E-state index contributed by atoms with van der Waals surface area (Å²) in [5.41, 5.74) is 1.63. The van der Waals surface area contributed by atoms with E-state index in [4.69, 9.17) is 24.9 Å². The van der Waals surface area contributed by atoms with Gasteiger partial charge in [0.2, 0.25) is 0 Å². The Morgan fingerprint density at radius 3 is 1.42 bits per heavy atom. The van der Waals surface area contributed by atoms with Crippen LogP contribution in [-0.2, 0) is 9.59 Å². The predicted octanol–water partition coefficient (Wildman–Crippen LogP) is 2.33. The van der Waals surface area contributed by atoms with Crippen molar-refractivity contribution in [3.05, 3.63) is 53.6 Å². The number of carbonyl (C=O) groups is 2. The molecule has 142 valence electrons. The highest BCUT2D eigenvalue weighted by atomic mass is 16.4. The third-order valence-corrected chi connectivity index (χ3v) is 2.29. The number of carboxylic acids is 2. The van der Waals surface area contributed by atoms with E-state index in [9.17, 15) is 10.2 Å². The Morgan fingerprint density at radius 1 is 0.692 bits per heavy atom. The molecule has 2 aromatic rings. The molecule has 0 aromatic heterocycles. The third kappa shape index (κ3) is 14.1. The average Bonchev–Trinajstić information content (AvgIpc) is 2.44.